The summed E-state index contributed by atoms with van der Waals surface area (Å²) in [5.41, 5.74) is 1.48. The van der Waals surface area contributed by atoms with Crippen LogP contribution in [-0.4, -0.2) is 51.9 Å². The van der Waals surface area contributed by atoms with Crippen LogP contribution in [0.15, 0.2) is 16.7 Å². The molecule has 1 aliphatic rings. The van der Waals surface area contributed by atoms with Gasteiger partial charge in [0.15, 0.2) is 5.65 Å². The SMILES string of the molecule is C[Si](C)(C)CCOCn1c(C2CCCN2C(=O)O)nc2ncc(Br)cc21. The van der Waals surface area contributed by atoms with Crippen molar-refractivity contribution in [3.8, 4) is 0 Å². The number of hydrogen-bond acceptors (Lipinski definition) is 4. The van der Waals surface area contributed by atoms with Crippen molar-refractivity contribution in [1.29, 1.82) is 0 Å². The molecule has 1 fully saturated rings. The molecule has 3 heterocycles. The molecule has 1 amide bonds. The standard InChI is InChI=1S/C17H25BrN4O3Si/c1-26(2,3)8-7-25-11-22-14-9-12(18)10-19-15(14)20-16(22)13-5-4-6-21(13)17(23)24/h9-10,13H,4-8,11H2,1-3H3,(H,23,24). The second kappa shape index (κ2) is 7.65. The maximum Gasteiger partial charge on any atom is 0.407 e. The molecule has 7 nitrogen and oxygen atoms in total. The van der Waals surface area contributed by atoms with Gasteiger partial charge in [0.1, 0.15) is 12.6 Å². The van der Waals surface area contributed by atoms with E-state index in [1.54, 1.807) is 6.20 Å². The van der Waals surface area contributed by atoms with Crippen molar-refractivity contribution in [3.63, 3.8) is 0 Å². The predicted molar refractivity (Wildman–Crippen MR) is 106 cm³/mol. The first-order valence-electron chi connectivity index (χ1n) is 8.85. The van der Waals surface area contributed by atoms with E-state index in [9.17, 15) is 9.90 Å². The van der Waals surface area contributed by atoms with E-state index in [-0.39, 0.29) is 6.04 Å². The summed E-state index contributed by atoms with van der Waals surface area (Å²) in [5, 5.41) is 9.50. The number of ether oxygens (including phenoxy) is 1. The Morgan fingerprint density at radius 3 is 2.92 bits per heavy atom. The lowest BCUT2D eigenvalue weighted by molar-refractivity contribution is 0.0832. The highest BCUT2D eigenvalue weighted by molar-refractivity contribution is 9.10. The first-order chi connectivity index (χ1) is 12.3. The van der Waals surface area contributed by atoms with Gasteiger partial charge >= 0.3 is 6.09 Å². The van der Waals surface area contributed by atoms with Crippen molar-refractivity contribution in [3.05, 3.63) is 22.6 Å². The summed E-state index contributed by atoms with van der Waals surface area (Å²) >= 11 is 3.46. The number of likely N-dealkylation sites (tertiary alicyclic amines) is 1. The van der Waals surface area contributed by atoms with Crippen molar-refractivity contribution in [2.24, 2.45) is 0 Å². The molecule has 1 unspecified atom stereocenters. The number of carbonyl (C=O) groups is 1. The molecule has 1 aliphatic heterocycles. The fraction of sp³-hybridized carbons (Fsp3) is 0.588. The molecular weight excluding hydrogens is 416 g/mol. The van der Waals surface area contributed by atoms with Crippen LogP contribution in [0.3, 0.4) is 0 Å². The Morgan fingerprint density at radius 2 is 2.23 bits per heavy atom. The number of aromatic nitrogens is 3. The summed E-state index contributed by atoms with van der Waals surface area (Å²) in [4.78, 5) is 22.1. The molecule has 2 aromatic rings. The Labute approximate surface area is 162 Å². The van der Waals surface area contributed by atoms with Crippen molar-refractivity contribution < 1.29 is 14.6 Å². The van der Waals surface area contributed by atoms with Crippen molar-refractivity contribution in [2.45, 2.75) is 51.3 Å². The molecule has 3 rings (SSSR count). The quantitative estimate of drug-likeness (QED) is 0.534. The summed E-state index contributed by atoms with van der Waals surface area (Å²) < 4.78 is 8.78. The first kappa shape index (κ1) is 19.3. The minimum absolute atomic E-state index is 0.249. The molecular formula is C17H25BrN4O3Si. The highest BCUT2D eigenvalue weighted by Crippen LogP contribution is 2.33. The lowest BCUT2D eigenvalue weighted by atomic mass is 10.2. The average Bonchev–Trinajstić information content (AvgIpc) is 3.15. The molecule has 142 valence electrons. The van der Waals surface area contributed by atoms with Crippen LogP contribution in [0.4, 0.5) is 4.79 Å². The summed E-state index contributed by atoms with van der Waals surface area (Å²) in [6.07, 6.45) is 2.42. The van der Waals surface area contributed by atoms with Crippen LogP contribution in [0.1, 0.15) is 24.7 Å². The second-order valence-corrected chi connectivity index (χ2v) is 14.4. The molecule has 0 saturated carbocycles. The minimum Gasteiger partial charge on any atom is -0.465 e. The third-order valence-electron chi connectivity index (χ3n) is 4.61. The first-order valence-corrected chi connectivity index (χ1v) is 13.4. The fourth-order valence-corrected chi connectivity index (χ4v) is 4.26. The Morgan fingerprint density at radius 1 is 1.46 bits per heavy atom. The number of carboxylic acid groups (broad SMARTS) is 1. The average molecular weight is 441 g/mol. The van der Waals surface area contributed by atoms with Crippen LogP contribution >= 0.6 is 15.9 Å². The highest BCUT2D eigenvalue weighted by atomic mass is 79.9. The molecule has 0 bridgehead atoms. The zero-order valence-electron chi connectivity index (χ0n) is 15.4. The summed E-state index contributed by atoms with van der Waals surface area (Å²) in [5.74, 6) is 0.721. The summed E-state index contributed by atoms with van der Waals surface area (Å²) in [6, 6.07) is 2.79. The molecule has 1 N–H and O–H groups in total. The van der Waals surface area contributed by atoms with Gasteiger partial charge in [-0.2, -0.15) is 0 Å². The largest absolute Gasteiger partial charge is 0.465 e. The Kier molecular flexibility index (Phi) is 5.69. The number of rotatable bonds is 6. The molecule has 26 heavy (non-hydrogen) atoms. The number of fused-ring (bicyclic) bond motifs is 1. The van der Waals surface area contributed by atoms with Gasteiger partial charge in [-0.25, -0.2) is 14.8 Å². The van der Waals surface area contributed by atoms with Crippen LogP contribution in [-0.2, 0) is 11.5 Å². The van der Waals surface area contributed by atoms with E-state index in [4.69, 9.17) is 4.74 Å². The van der Waals surface area contributed by atoms with E-state index in [0.717, 1.165) is 34.7 Å². The molecule has 0 radical (unpaired) electrons. The molecule has 9 heteroatoms. The number of hydrogen-bond donors (Lipinski definition) is 1. The van der Waals surface area contributed by atoms with E-state index in [2.05, 4.69) is 45.5 Å². The third kappa shape index (κ3) is 4.26. The maximum atomic E-state index is 11.6. The zero-order valence-corrected chi connectivity index (χ0v) is 18.0. The maximum absolute atomic E-state index is 11.6. The number of imidazole rings is 1. The molecule has 0 spiro atoms. The van der Waals surface area contributed by atoms with E-state index in [0.29, 0.717) is 25.5 Å². The lowest BCUT2D eigenvalue weighted by Crippen LogP contribution is -2.30. The topological polar surface area (TPSA) is 80.5 Å². The number of amides is 1. The van der Waals surface area contributed by atoms with Crippen LogP contribution in [0, 0.1) is 0 Å². The van der Waals surface area contributed by atoms with E-state index in [1.165, 1.54) is 4.90 Å². The second-order valence-electron chi connectivity index (χ2n) is 7.88. The smallest absolute Gasteiger partial charge is 0.407 e. The van der Waals surface area contributed by atoms with E-state index >= 15 is 0 Å². The van der Waals surface area contributed by atoms with Gasteiger partial charge in [0.25, 0.3) is 0 Å². The van der Waals surface area contributed by atoms with Crippen LogP contribution < -0.4 is 0 Å². The molecule has 0 aromatic carbocycles. The van der Waals surface area contributed by atoms with Gasteiger partial charge in [0.05, 0.1) is 11.6 Å². The Balaban J connectivity index is 1.90. The Hall–Kier alpha value is -1.45. The van der Waals surface area contributed by atoms with Gasteiger partial charge < -0.3 is 14.4 Å². The van der Waals surface area contributed by atoms with Crippen LogP contribution in [0.2, 0.25) is 25.7 Å². The van der Waals surface area contributed by atoms with Gasteiger partial charge in [-0.05, 0) is 40.9 Å². The number of nitrogens with zero attached hydrogens (tertiary/aromatic N) is 4. The highest BCUT2D eigenvalue weighted by Gasteiger charge is 2.34. The summed E-state index contributed by atoms with van der Waals surface area (Å²) in [6.45, 7) is 8.55. The van der Waals surface area contributed by atoms with Crippen LogP contribution in [0.5, 0.6) is 0 Å². The van der Waals surface area contributed by atoms with Crippen LogP contribution in [0.25, 0.3) is 11.2 Å². The van der Waals surface area contributed by atoms with E-state index < -0.39 is 14.2 Å². The third-order valence-corrected chi connectivity index (χ3v) is 6.75. The van der Waals surface area contributed by atoms with Gasteiger partial charge in [-0.3, -0.25) is 4.90 Å². The molecule has 0 aliphatic carbocycles. The van der Waals surface area contributed by atoms with E-state index in [1.807, 2.05) is 10.6 Å². The summed E-state index contributed by atoms with van der Waals surface area (Å²) in [7, 11) is -1.16. The van der Waals surface area contributed by atoms with Gasteiger partial charge in [0, 0.05) is 31.9 Å². The molecule has 1 atom stereocenters. The number of halogens is 1. The molecule has 2 aromatic heterocycles. The van der Waals surface area contributed by atoms with Gasteiger partial charge in [-0.15, -0.1) is 0 Å². The number of pyridine rings is 1. The molecule has 1 saturated heterocycles. The van der Waals surface area contributed by atoms with Gasteiger partial charge in [-0.1, -0.05) is 19.6 Å². The lowest BCUT2D eigenvalue weighted by Gasteiger charge is -2.22. The predicted octanol–water partition coefficient (Wildman–Crippen LogP) is 4.32. The normalized spacial score (nSPS) is 18.0. The van der Waals surface area contributed by atoms with Crippen molar-refractivity contribution in [1.82, 2.24) is 19.4 Å². The monoisotopic (exact) mass is 440 g/mol. The Bertz CT molecular complexity index is 805. The minimum atomic E-state index is -1.16. The zero-order chi connectivity index (χ0) is 18.9. The fourth-order valence-electron chi connectivity index (χ4n) is 3.19. The van der Waals surface area contributed by atoms with Gasteiger partial charge in [0.2, 0.25) is 0 Å². The van der Waals surface area contributed by atoms with Crippen molar-refractivity contribution >= 4 is 41.3 Å². The van der Waals surface area contributed by atoms with Crippen molar-refractivity contribution in [2.75, 3.05) is 13.2 Å².